The van der Waals surface area contributed by atoms with Gasteiger partial charge in [0, 0.05) is 25.4 Å². The molecule has 1 N–H and O–H groups in total. The molecule has 3 atom stereocenters. The van der Waals surface area contributed by atoms with Gasteiger partial charge in [-0.2, -0.15) is 0 Å². The van der Waals surface area contributed by atoms with E-state index < -0.39 is 0 Å². The van der Waals surface area contributed by atoms with E-state index in [1.54, 1.807) is 0 Å². The van der Waals surface area contributed by atoms with Crippen LogP contribution in [0.4, 0.5) is 0 Å². The third kappa shape index (κ3) is 1.61. The van der Waals surface area contributed by atoms with E-state index in [2.05, 4.69) is 0 Å². The van der Waals surface area contributed by atoms with Gasteiger partial charge in [0.2, 0.25) is 0 Å². The second kappa shape index (κ2) is 3.72. The van der Waals surface area contributed by atoms with E-state index in [1.165, 1.54) is 19.3 Å². The molecule has 3 rings (SSSR count). The van der Waals surface area contributed by atoms with E-state index in [-0.39, 0.29) is 5.79 Å². The van der Waals surface area contributed by atoms with Crippen molar-refractivity contribution in [2.75, 3.05) is 13.2 Å². The Morgan fingerprint density at radius 1 is 1.20 bits per heavy atom. The van der Waals surface area contributed by atoms with Crippen LogP contribution in [0.5, 0.6) is 0 Å². The molecule has 1 aliphatic heterocycles. The highest BCUT2D eigenvalue weighted by molar-refractivity contribution is 4.95. The standard InChI is InChI=1S/C12H20O3/c13-7-9-6-11-10(9)8-14-12(15-11)4-2-1-3-5-12/h9-11,13H,1-8H2/t9-,10-,11+/m0/s1. The van der Waals surface area contributed by atoms with Gasteiger partial charge in [-0.05, 0) is 25.2 Å². The molecular formula is C12H20O3. The van der Waals surface area contributed by atoms with Gasteiger partial charge in [0.15, 0.2) is 5.79 Å². The molecule has 3 nitrogen and oxygen atoms in total. The van der Waals surface area contributed by atoms with Crippen molar-refractivity contribution in [1.82, 2.24) is 0 Å². The first-order valence-electron chi connectivity index (χ1n) is 6.26. The molecule has 0 unspecified atom stereocenters. The number of hydrogen-bond acceptors (Lipinski definition) is 3. The maximum atomic E-state index is 9.12. The van der Waals surface area contributed by atoms with Gasteiger partial charge in [0.1, 0.15) is 0 Å². The van der Waals surface area contributed by atoms with Crippen LogP contribution in [0.25, 0.3) is 0 Å². The van der Waals surface area contributed by atoms with Crippen LogP contribution in [0, 0.1) is 11.8 Å². The van der Waals surface area contributed by atoms with Crippen molar-refractivity contribution in [2.24, 2.45) is 11.8 Å². The lowest BCUT2D eigenvalue weighted by molar-refractivity contribution is -0.353. The van der Waals surface area contributed by atoms with Crippen LogP contribution in [0.1, 0.15) is 38.5 Å². The molecule has 1 spiro atoms. The molecule has 15 heavy (non-hydrogen) atoms. The molecule has 0 aromatic carbocycles. The zero-order valence-corrected chi connectivity index (χ0v) is 9.15. The largest absolute Gasteiger partial charge is 0.396 e. The van der Waals surface area contributed by atoms with Crippen LogP contribution in [0.15, 0.2) is 0 Å². The second-order valence-corrected chi connectivity index (χ2v) is 5.28. The average Bonchev–Trinajstić information content (AvgIpc) is 2.24. The van der Waals surface area contributed by atoms with Gasteiger partial charge in [-0.25, -0.2) is 0 Å². The Bertz CT molecular complexity index is 235. The fourth-order valence-corrected chi connectivity index (χ4v) is 3.26. The first-order chi connectivity index (χ1) is 7.33. The molecule has 0 aromatic rings. The van der Waals surface area contributed by atoms with Gasteiger partial charge in [-0.15, -0.1) is 0 Å². The van der Waals surface area contributed by atoms with Crippen LogP contribution in [-0.4, -0.2) is 30.2 Å². The maximum Gasteiger partial charge on any atom is 0.168 e. The molecule has 86 valence electrons. The number of rotatable bonds is 1. The molecule has 3 fully saturated rings. The first kappa shape index (κ1) is 10.1. The van der Waals surface area contributed by atoms with E-state index >= 15 is 0 Å². The average molecular weight is 212 g/mol. The molecular weight excluding hydrogens is 192 g/mol. The Labute approximate surface area is 90.8 Å². The lowest BCUT2D eigenvalue weighted by Crippen LogP contribution is -2.58. The summed E-state index contributed by atoms with van der Waals surface area (Å²) in [5.74, 6) is 0.651. The Kier molecular flexibility index (Phi) is 2.49. The van der Waals surface area contributed by atoms with Gasteiger partial charge < -0.3 is 14.6 Å². The summed E-state index contributed by atoms with van der Waals surface area (Å²) >= 11 is 0. The van der Waals surface area contributed by atoms with Crippen LogP contribution < -0.4 is 0 Å². The minimum absolute atomic E-state index is 0.236. The molecule has 3 heteroatoms. The van der Waals surface area contributed by atoms with Crippen LogP contribution >= 0.6 is 0 Å². The summed E-state index contributed by atoms with van der Waals surface area (Å²) in [4.78, 5) is 0. The number of hydrogen-bond donors (Lipinski definition) is 1. The third-order valence-electron chi connectivity index (χ3n) is 4.37. The molecule has 0 radical (unpaired) electrons. The van der Waals surface area contributed by atoms with Gasteiger partial charge in [0.05, 0.1) is 12.7 Å². The topological polar surface area (TPSA) is 38.7 Å². The zero-order chi connectivity index (χ0) is 10.3. The Hall–Kier alpha value is -0.120. The monoisotopic (exact) mass is 212 g/mol. The fraction of sp³-hybridized carbons (Fsp3) is 1.00. The third-order valence-corrected chi connectivity index (χ3v) is 4.37. The molecule has 3 aliphatic rings. The zero-order valence-electron chi connectivity index (χ0n) is 9.15. The minimum Gasteiger partial charge on any atom is -0.396 e. The summed E-state index contributed by atoms with van der Waals surface area (Å²) in [6, 6.07) is 0. The van der Waals surface area contributed by atoms with Crippen molar-refractivity contribution in [3.05, 3.63) is 0 Å². The van der Waals surface area contributed by atoms with Crippen LogP contribution in [-0.2, 0) is 9.47 Å². The van der Waals surface area contributed by atoms with Crippen LogP contribution in [0.2, 0.25) is 0 Å². The smallest absolute Gasteiger partial charge is 0.168 e. The molecule has 1 heterocycles. The van der Waals surface area contributed by atoms with E-state index in [4.69, 9.17) is 14.6 Å². The molecule has 0 amide bonds. The van der Waals surface area contributed by atoms with Crippen molar-refractivity contribution in [3.63, 3.8) is 0 Å². The molecule has 1 saturated heterocycles. The normalized spacial score (nSPS) is 43.4. The van der Waals surface area contributed by atoms with Crippen LogP contribution in [0.3, 0.4) is 0 Å². The maximum absolute atomic E-state index is 9.12. The van der Waals surface area contributed by atoms with Crippen molar-refractivity contribution in [1.29, 1.82) is 0 Å². The number of fused-ring (bicyclic) bond motifs is 1. The predicted octanol–water partition coefficient (Wildman–Crippen LogP) is 1.69. The lowest BCUT2D eigenvalue weighted by Gasteiger charge is -2.54. The summed E-state index contributed by atoms with van der Waals surface area (Å²) in [7, 11) is 0. The Morgan fingerprint density at radius 2 is 2.00 bits per heavy atom. The molecule has 0 aromatic heterocycles. The molecule has 0 bridgehead atoms. The van der Waals surface area contributed by atoms with E-state index in [0.29, 0.717) is 24.5 Å². The summed E-state index contributed by atoms with van der Waals surface area (Å²) in [6.07, 6.45) is 7.34. The van der Waals surface area contributed by atoms with Gasteiger partial charge in [-0.1, -0.05) is 6.42 Å². The second-order valence-electron chi connectivity index (χ2n) is 5.28. The highest BCUT2D eigenvalue weighted by Gasteiger charge is 2.51. The summed E-state index contributed by atoms with van der Waals surface area (Å²) in [5, 5.41) is 9.12. The van der Waals surface area contributed by atoms with Gasteiger partial charge in [0.25, 0.3) is 0 Å². The summed E-state index contributed by atoms with van der Waals surface area (Å²) < 4.78 is 12.1. The van der Waals surface area contributed by atoms with Crippen molar-refractivity contribution >= 4 is 0 Å². The van der Waals surface area contributed by atoms with Gasteiger partial charge >= 0.3 is 0 Å². The Balaban J connectivity index is 1.63. The van der Waals surface area contributed by atoms with E-state index in [1.807, 2.05) is 0 Å². The first-order valence-corrected chi connectivity index (χ1v) is 6.26. The minimum atomic E-state index is -0.236. The molecule has 2 saturated carbocycles. The number of aliphatic hydroxyl groups excluding tert-OH is 1. The number of ether oxygens (including phenoxy) is 2. The fourth-order valence-electron chi connectivity index (χ4n) is 3.26. The van der Waals surface area contributed by atoms with E-state index in [9.17, 15) is 0 Å². The SMILES string of the molecule is OC[C@@H]1C[C@H]2OC3(CCCCC3)OC[C@@H]12. The quantitative estimate of drug-likeness (QED) is 0.719. The molecule has 2 aliphatic carbocycles. The van der Waals surface area contributed by atoms with Gasteiger partial charge in [-0.3, -0.25) is 0 Å². The highest BCUT2D eigenvalue weighted by atomic mass is 16.7. The van der Waals surface area contributed by atoms with E-state index in [0.717, 1.165) is 25.9 Å². The lowest BCUT2D eigenvalue weighted by atomic mass is 9.70. The summed E-state index contributed by atoms with van der Waals surface area (Å²) in [6.45, 7) is 1.09. The Morgan fingerprint density at radius 3 is 2.67 bits per heavy atom. The predicted molar refractivity (Wildman–Crippen MR) is 55.3 cm³/mol. The number of aliphatic hydroxyl groups is 1. The van der Waals surface area contributed by atoms with Crippen molar-refractivity contribution in [3.8, 4) is 0 Å². The van der Waals surface area contributed by atoms with Crippen molar-refractivity contribution in [2.45, 2.75) is 50.4 Å². The van der Waals surface area contributed by atoms with Crippen molar-refractivity contribution < 1.29 is 14.6 Å². The summed E-state index contributed by atoms with van der Waals surface area (Å²) in [5.41, 5.74) is 0. The highest BCUT2D eigenvalue weighted by Crippen LogP contribution is 2.47.